The Bertz CT molecular complexity index is 444. The molecule has 1 aromatic rings. The van der Waals surface area contributed by atoms with Crippen molar-refractivity contribution in [3.63, 3.8) is 0 Å². The van der Waals surface area contributed by atoms with Crippen molar-refractivity contribution in [2.24, 2.45) is 16.3 Å². The topological polar surface area (TPSA) is 71.1 Å². The molecular weight excluding hydrogens is 242 g/mol. The summed E-state index contributed by atoms with van der Waals surface area (Å²) in [5, 5.41) is 11.9. The number of nitrogens with two attached hydrogens (primary N) is 1. The third-order valence-electron chi connectivity index (χ3n) is 3.37. The summed E-state index contributed by atoms with van der Waals surface area (Å²) in [6.45, 7) is 4.69. The third-order valence-corrected chi connectivity index (χ3v) is 3.37. The molecule has 0 atom stereocenters. The fraction of sp³-hybridized carbons (Fsp3) is 0.500. The summed E-state index contributed by atoms with van der Waals surface area (Å²) < 4.78 is 5.34. The Labute approximate surface area is 114 Å². The van der Waals surface area contributed by atoms with Crippen LogP contribution < -0.4 is 15.4 Å². The highest BCUT2D eigenvalue weighted by atomic mass is 16.5. The Morgan fingerprint density at radius 3 is 2.63 bits per heavy atom. The van der Waals surface area contributed by atoms with Gasteiger partial charge in [-0.25, -0.2) is 0 Å². The Morgan fingerprint density at radius 1 is 1.42 bits per heavy atom. The number of hydrogen-bond donors (Lipinski definition) is 2. The van der Waals surface area contributed by atoms with Crippen LogP contribution in [-0.4, -0.2) is 31.7 Å². The van der Waals surface area contributed by atoms with Gasteiger partial charge in [0.25, 0.3) is 0 Å². The quantitative estimate of drug-likeness (QED) is 0.358. The average Bonchev–Trinajstić information content (AvgIpc) is 2.43. The van der Waals surface area contributed by atoms with Crippen LogP contribution in [0, 0.1) is 5.41 Å². The first-order valence-corrected chi connectivity index (χ1v) is 6.24. The predicted octanol–water partition coefficient (Wildman–Crippen LogP) is 2.29. The number of benzene rings is 1. The van der Waals surface area contributed by atoms with Crippen molar-refractivity contribution in [2.75, 3.05) is 25.6 Å². The van der Waals surface area contributed by atoms with Crippen LogP contribution in [0.25, 0.3) is 0 Å². The van der Waals surface area contributed by atoms with Crippen molar-refractivity contribution in [3.05, 3.63) is 24.3 Å². The largest absolute Gasteiger partial charge is 0.495 e. The molecule has 0 aliphatic heterocycles. The minimum atomic E-state index is -0.342. The van der Waals surface area contributed by atoms with Crippen LogP contribution in [0.4, 0.5) is 5.69 Å². The lowest BCUT2D eigenvalue weighted by molar-refractivity contribution is 0.306. The third kappa shape index (κ3) is 3.77. The van der Waals surface area contributed by atoms with Crippen LogP contribution in [0.2, 0.25) is 0 Å². The molecule has 0 heterocycles. The monoisotopic (exact) mass is 265 g/mol. The number of rotatable bonds is 6. The second-order valence-electron chi connectivity index (χ2n) is 5.21. The number of hydrogen-bond acceptors (Lipinski definition) is 4. The van der Waals surface area contributed by atoms with Crippen LogP contribution in [0.3, 0.4) is 0 Å². The highest BCUT2D eigenvalue weighted by Crippen LogP contribution is 2.28. The van der Waals surface area contributed by atoms with E-state index in [1.165, 1.54) is 0 Å². The van der Waals surface area contributed by atoms with Gasteiger partial charge in [-0.3, -0.25) is 0 Å². The Kier molecular flexibility index (Phi) is 5.03. The number of ether oxygens (including phenoxy) is 1. The molecule has 1 rings (SSSR count). The minimum Gasteiger partial charge on any atom is -0.495 e. The lowest BCUT2D eigenvalue weighted by Crippen LogP contribution is -2.35. The van der Waals surface area contributed by atoms with Crippen LogP contribution in [0.5, 0.6) is 5.75 Å². The van der Waals surface area contributed by atoms with Gasteiger partial charge in [0.15, 0.2) is 0 Å². The van der Waals surface area contributed by atoms with E-state index in [1.807, 2.05) is 45.2 Å². The molecule has 0 aliphatic rings. The maximum Gasteiger partial charge on any atom is 0.144 e. The zero-order valence-corrected chi connectivity index (χ0v) is 12.1. The summed E-state index contributed by atoms with van der Waals surface area (Å²) >= 11 is 0. The maximum atomic E-state index is 8.76. The van der Waals surface area contributed by atoms with Crippen molar-refractivity contribution >= 4 is 11.5 Å². The van der Waals surface area contributed by atoms with Gasteiger partial charge in [0.2, 0.25) is 0 Å². The highest BCUT2D eigenvalue weighted by molar-refractivity contribution is 5.85. The maximum absolute atomic E-state index is 8.76. The molecule has 0 spiro atoms. The molecule has 0 amide bonds. The Hall–Kier alpha value is -1.91. The van der Waals surface area contributed by atoms with E-state index in [4.69, 9.17) is 15.7 Å². The molecule has 0 saturated heterocycles. The van der Waals surface area contributed by atoms with Gasteiger partial charge in [-0.2, -0.15) is 0 Å². The summed E-state index contributed by atoms with van der Waals surface area (Å²) in [7, 11) is 3.66. The smallest absolute Gasteiger partial charge is 0.144 e. The summed E-state index contributed by atoms with van der Waals surface area (Å²) in [5.41, 5.74) is 6.37. The Balaban J connectivity index is 2.73. The molecule has 5 heteroatoms. The molecule has 106 valence electrons. The lowest BCUT2D eigenvalue weighted by atomic mass is 9.88. The van der Waals surface area contributed by atoms with E-state index in [0.29, 0.717) is 0 Å². The number of anilines is 1. The van der Waals surface area contributed by atoms with E-state index in [1.54, 1.807) is 7.11 Å². The van der Waals surface area contributed by atoms with Crippen molar-refractivity contribution in [2.45, 2.75) is 20.3 Å². The molecule has 0 fully saturated rings. The predicted molar refractivity (Wildman–Crippen MR) is 78.1 cm³/mol. The van der Waals surface area contributed by atoms with E-state index in [9.17, 15) is 0 Å². The van der Waals surface area contributed by atoms with Gasteiger partial charge in [0, 0.05) is 19.0 Å². The zero-order valence-electron chi connectivity index (χ0n) is 12.1. The molecule has 1 aromatic carbocycles. The molecular formula is C14H23N3O2. The molecule has 0 aromatic heterocycles. The number of amidine groups is 1. The number of para-hydroxylation sites is 2. The van der Waals surface area contributed by atoms with Gasteiger partial charge in [0.1, 0.15) is 11.6 Å². The zero-order chi connectivity index (χ0) is 14.5. The number of methoxy groups -OCH3 is 1. The normalized spacial score (nSPS) is 12.3. The van der Waals surface area contributed by atoms with Crippen LogP contribution in [0.1, 0.15) is 20.3 Å². The first-order chi connectivity index (χ1) is 8.92. The van der Waals surface area contributed by atoms with Gasteiger partial charge in [-0.15, -0.1) is 0 Å². The molecule has 0 bridgehead atoms. The first kappa shape index (κ1) is 15.1. The Morgan fingerprint density at radius 2 is 2.05 bits per heavy atom. The molecule has 0 unspecified atom stereocenters. The fourth-order valence-corrected chi connectivity index (χ4v) is 1.78. The van der Waals surface area contributed by atoms with E-state index in [-0.39, 0.29) is 11.3 Å². The van der Waals surface area contributed by atoms with Crippen LogP contribution >= 0.6 is 0 Å². The summed E-state index contributed by atoms with van der Waals surface area (Å²) in [4.78, 5) is 2.10. The minimum absolute atomic E-state index is 0.251. The van der Waals surface area contributed by atoms with E-state index >= 15 is 0 Å². The lowest BCUT2D eigenvalue weighted by Gasteiger charge is -2.28. The van der Waals surface area contributed by atoms with Gasteiger partial charge in [0.05, 0.1) is 12.8 Å². The fourth-order valence-electron chi connectivity index (χ4n) is 1.78. The second kappa shape index (κ2) is 6.31. The SMILES string of the molecule is COc1ccccc1N(C)CCC(C)(C)C(N)=NO. The average molecular weight is 265 g/mol. The van der Waals surface area contributed by atoms with Crippen molar-refractivity contribution < 1.29 is 9.94 Å². The van der Waals surface area contributed by atoms with Crippen LogP contribution in [0.15, 0.2) is 29.4 Å². The molecule has 0 saturated carbocycles. The van der Waals surface area contributed by atoms with Crippen molar-refractivity contribution in [3.8, 4) is 5.75 Å². The van der Waals surface area contributed by atoms with E-state index in [2.05, 4.69) is 10.1 Å². The standard InChI is InChI=1S/C14H23N3O2/c1-14(2,13(15)16-18)9-10-17(3)11-7-5-6-8-12(11)19-4/h5-8,18H,9-10H2,1-4H3,(H2,15,16). The van der Waals surface area contributed by atoms with Crippen molar-refractivity contribution in [1.82, 2.24) is 0 Å². The summed E-state index contributed by atoms with van der Waals surface area (Å²) in [6.07, 6.45) is 0.775. The van der Waals surface area contributed by atoms with Gasteiger partial charge in [-0.05, 0) is 18.6 Å². The van der Waals surface area contributed by atoms with Gasteiger partial charge >= 0.3 is 0 Å². The highest BCUT2D eigenvalue weighted by Gasteiger charge is 2.24. The van der Waals surface area contributed by atoms with Crippen LogP contribution in [-0.2, 0) is 0 Å². The molecule has 5 nitrogen and oxygen atoms in total. The van der Waals surface area contributed by atoms with Crippen molar-refractivity contribution in [1.29, 1.82) is 0 Å². The van der Waals surface area contributed by atoms with E-state index < -0.39 is 0 Å². The molecule has 3 N–H and O–H groups in total. The van der Waals surface area contributed by atoms with Gasteiger partial charge < -0.3 is 20.6 Å². The molecule has 19 heavy (non-hydrogen) atoms. The summed E-state index contributed by atoms with van der Waals surface area (Å²) in [6, 6.07) is 7.86. The number of nitrogens with zero attached hydrogens (tertiary/aromatic N) is 2. The second-order valence-corrected chi connectivity index (χ2v) is 5.21. The molecule has 0 radical (unpaired) electrons. The molecule has 0 aliphatic carbocycles. The summed E-state index contributed by atoms with van der Waals surface area (Å²) in [5.74, 6) is 1.09. The van der Waals surface area contributed by atoms with E-state index in [0.717, 1.165) is 24.4 Å². The van der Waals surface area contributed by atoms with Gasteiger partial charge in [-0.1, -0.05) is 31.1 Å². The number of oxime groups is 1. The first-order valence-electron chi connectivity index (χ1n) is 6.24.